The molecule has 2 heteroatoms. The van der Waals surface area contributed by atoms with E-state index in [9.17, 15) is 0 Å². The summed E-state index contributed by atoms with van der Waals surface area (Å²) in [7, 11) is 0. The minimum Gasteiger partial charge on any atom is -0.494 e. The number of ether oxygens (including phenoxy) is 1. The molecule has 1 N–H and O–H groups in total. The van der Waals surface area contributed by atoms with Crippen molar-refractivity contribution in [3.8, 4) is 5.75 Å². The van der Waals surface area contributed by atoms with E-state index in [0.717, 1.165) is 31.9 Å². The Bertz CT molecular complexity index is 354. The lowest BCUT2D eigenvalue weighted by molar-refractivity contribution is 0.156. The van der Waals surface area contributed by atoms with Crippen molar-refractivity contribution in [3.05, 3.63) is 29.8 Å². The fourth-order valence-electron chi connectivity index (χ4n) is 2.39. The summed E-state index contributed by atoms with van der Waals surface area (Å²) in [5.74, 6) is 0.978. The van der Waals surface area contributed by atoms with Crippen molar-refractivity contribution in [2.45, 2.75) is 46.1 Å². The van der Waals surface area contributed by atoms with Gasteiger partial charge in [0.25, 0.3) is 0 Å². The van der Waals surface area contributed by atoms with Gasteiger partial charge in [0.1, 0.15) is 5.75 Å². The molecule has 0 unspecified atom stereocenters. The first-order chi connectivity index (χ1) is 8.72. The quantitative estimate of drug-likeness (QED) is 0.792. The Balaban J connectivity index is 1.72. The normalized spacial score (nSPS) is 17.2. The number of benzene rings is 1. The summed E-state index contributed by atoms with van der Waals surface area (Å²) in [6.45, 7) is 7.41. The van der Waals surface area contributed by atoms with Gasteiger partial charge in [0.15, 0.2) is 0 Å². The minimum absolute atomic E-state index is 0.560. The van der Waals surface area contributed by atoms with Crippen LogP contribution in [0.25, 0.3) is 0 Å². The molecule has 0 atom stereocenters. The zero-order chi connectivity index (χ0) is 12.8. The van der Waals surface area contributed by atoms with Crippen LogP contribution in [-0.2, 0) is 6.54 Å². The third-order valence-electron chi connectivity index (χ3n) is 3.84. The Morgan fingerprint density at radius 1 is 1.22 bits per heavy atom. The van der Waals surface area contributed by atoms with Crippen molar-refractivity contribution < 1.29 is 4.74 Å². The summed E-state index contributed by atoms with van der Waals surface area (Å²) in [5, 5.41) is 3.57. The van der Waals surface area contributed by atoms with Crippen LogP contribution in [0.4, 0.5) is 0 Å². The van der Waals surface area contributed by atoms with E-state index in [4.69, 9.17) is 4.74 Å². The molecule has 1 saturated carbocycles. The molecule has 100 valence electrons. The second-order valence-electron chi connectivity index (χ2n) is 5.76. The van der Waals surface area contributed by atoms with Gasteiger partial charge in [-0.1, -0.05) is 32.4 Å². The maximum absolute atomic E-state index is 5.57. The Labute approximate surface area is 111 Å². The van der Waals surface area contributed by atoms with E-state index in [2.05, 4.69) is 43.4 Å². The van der Waals surface area contributed by atoms with Crippen molar-refractivity contribution in [2.24, 2.45) is 5.41 Å². The first kappa shape index (κ1) is 13.4. The van der Waals surface area contributed by atoms with Crippen LogP contribution in [0, 0.1) is 5.41 Å². The van der Waals surface area contributed by atoms with Crippen LogP contribution in [0.1, 0.15) is 45.1 Å². The highest BCUT2D eigenvalue weighted by Crippen LogP contribution is 2.39. The van der Waals surface area contributed by atoms with Crippen molar-refractivity contribution in [1.82, 2.24) is 5.32 Å². The van der Waals surface area contributed by atoms with E-state index in [1.807, 2.05) is 0 Å². The predicted octanol–water partition coefficient (Wildman–Crippen LogP) is 3.76. The lowest BCUT2D eigenvalue weighted by atomic mass is 9.70. The highest BCUT2D eigenvalue weighted by molar-refractivity contribution is 5.27. The first-order valence-corrected chi connectivity index (χ1v) is 7.14. The largest absolute Gasteiger partial charge is 0.494 e. The maximum atomic E-state index is 5.57. The summed E-state index contributed by atoms with van der Waals surface area (Å²) >= 11 is 0. The second-order valence-corrected chi connectivity index (χ2v) is 5.76. The molecule has 0 aliphatic heterocycles. The molecule has 1 aromatic rings. The Kier molecular flexibility index (Phi) is 4.65. The summed E-state index contributed by atoms with van der Waals surface area (Å²) in [6.07, 6.45) is 5.22. The highest BCUT2D eigenvalue weighted by Gasteiger charge is 2.30. The molecule has 0 saturated heterocycles. The van der Waals surface area contributed by atoms with Crippen LogP contribution in [0.15, 0.2) is 24.3 Å². The van der Waals surface area contributed by atoms with Crippen LogP contribution in [0.5, 0.6) is 5.75 Å². The van der Waals surface area contributed by atoms with E-state index in [1.165, 1.54) is 24.8 Å². The molecule has 1 aliphatic rings. The van der Waals surface area contributed by atoms with Gasteiger partial charge in [-0.2, -0.15) is 0 Å². The Morgan fingerprint density at radius 3 is 2.50 bits per heavy atom. The molecule has 0 heterocycles. The molecule has 0 spiro atoms. The lowest BCUT2D eigenvalue weighted by Gasteiger charge is -2.38. The van der Waals surface area contributed by atoms with Crippen LogP contribution >= 0.6 is 0 Å². The van der Waals surface area contributed by atoms with E-state index in [0.29, 0.717) is 5.41 Å². The summed E-state index contributed by atoms with van der Waals surface area (Å²) in [4.78, 5) is 0. The third kappa shape index (κ3) is 3.74. The molecule has 0 aromatic heterocycles. The van der Waals surface area contributed by atoms with E-state index >= 15 is 0 Å². The van der Waals surface area contributed by atoms with Gasteiger partial charge in [-0.25, -0.2) is 0 Å². The Hall–Kier alpha value is -1.02. The van der Waals surface area contributed by atoms with Gasteiger partial charge < -0.3 is 10.1 Å². The number of rotatable bonds is 7. The van der Waals surface area contributed by atoms with E-state index in [1.54, 1.807) is 0 Å². The van der Waals surface area contributed by atoms with Crippen molar-refractivity contribution >= 4 is 0 Å². The zero-order valence-corrected chi connectivity index (χ0v) is 11.7. The van der Waals surface area contributed by atoms with Gasteiger partial charge in [0.2, 0.25) is 0 Å². The van der Waals surface area contributed by atoms with E-state index in [-0.39, 0.29) is 0 Å². The highest BCUT2D eigenvalue weighted by atomic mass is 16.5. The fourth-order valence-corrected chi connectivity index (χ4v) is 2.39. The van der Waals surface area contributed by atoms with Crippen molar-refractivity contribution in [3.63, 3.8) is 0 Å². The smallest absolute Gasteiger partial charge is 0.119 e. The summed E-state index contributed by atoms with van der Waals surface area (Å²) in [6, 6.07) is 8.44. The van der Waals surface area contributed by atoms with Crippen molar-refractivity contribution in [2.75, 3.05) is 13.2 Å². The van der Waals surface area contributed by atoms with Crippen LogP contribution in [-0.4, -0.2) is 13.2 Å². The minimum atomic E-state index is 0.560. The number of nitrogens with one attached hydrogen (secondary N) is 1. The molecule has 1 aliphatic carbocycles. The third-order valence-corrected chi connectivity index (χ3v) is 3.84. The molecule has 18 heavy (non-hydrogen) atoms. The average Bonchev–Trinajstić information content (AvgIpc) is 2.36. The first-order valence-electron chi connectivity index (χ1n) is 7.14. The van der Waals surface area contributed by atoms with Gasteiger partial charge in [0.05, 0.1) is 6.61 Å². The molecule has 1 aromatic carbocycles. The van der Waals surface area contributed by atoms with Gasteiger partial charge in [-0.3, -0.25) is 0 Å². The maximum Gasteiger partial charge on any atom is 0.119 e. The molecule has 2 rings (SSSR count). The Morgan fingerprint density at radius 2 is 1.94 bits per heavy atom. The topological polar surface area (TPSA) is 21.3 Å². The van der Waals surface area contributed by atoms with Gasteiger partial charge in [-0.15, -0.1) is 0 Å². The van der Waals surface area contributed by atoms with Gasteiger partial charge in [-0.05, 0) is 42.4 Å². The summed E-state index contributed by atoms with van der Waals surface area (Å²) < 4.78 is 5.57. The van der Waals surface area contributed by atoms with Crippen LogP contribution in [0.3, 0.4) is 0 Å². The predicted molar refractivity (Wildman–Crippen MR) is 75.9 cm³/mol. The number of hydrogen-bond acceptors (Lipinski definition) is 2. The second kappa shape index (κ2) is 6.24. The molecule has 0 amide bonds. The molecular weight excluding hydrogens is 222 g/mol. The van der Waals surface area contributed by atoms with Crippen molar-refractivity contribution in [1.29, 1.82) is 0 Å². The van der Waals surface area contributed by atoms with Gasteiger partial charge >= 0.3 is 0 Å². The lowest BCUT2D eigenvalue weighted by Crippen LogP contribution is -2.36. The molecular formula is C16H25NO. The monoisotopic (exact) mass is 247 g/mol. The zero-order valence-electron chi connectivity index (χ0n) is 11.7. The fraction of sp³-hybridized carbons (Fsp3) is 0.625. The van der Waals surface area contributed by atoms with Gasteiger partial charge in [0, 0.05) is 13.1 Å². The molecule has 0 bridgehead atoms. The van der Waals surface area contributed by atoms with Crippen LogP contribution in [0.2, 0.25) is 0 Å². The molecule has 2 nitrogen and oxygen atoms in total. The van der Waals surface area contributed by atoms with Crippen LogP contribution < -0.4 is 10.1 Å². The summed E-state index contributed by atoms with van der Waals surface area (Å²) in [5.41, 5.74) is 1.89. The average molecular weight is 247 g/mol. The molecule has 1 fully saturated rings. The standard InChI is InChI=1S/C16H25NO/c1-3-11-18-15-7-5-14(6-8-15)12-17-13-16(2)9-4-10-16/h5-8,17H,3-4,9-13H2,1-2H3. The van der Waals surface area contributed by atoms with E-state index < -0.39 is 0 Å². The number of hydrogen-bond donors (Lipinski definition) is 1. The SMILES string of the molecule is CCCOc1ccc(CNCC2(C)CCC2)cc1. The molecule has 0 radical (unpaired) electrons.